The van der Waals surface area contributed by atoms with Crippen LogP contribution in [0.25, 0.3) is 0 Å². The maximum Gasteiger partial charge on any atom is 0.223 e. The zero-order chi connectivity index (χ0) is 16.2. The van der Waals surface area contributed by atoms with Crippen LogP contribution in [0.15, 0.2) is 28.1 Å². The zero-order valence-corrected chi connectivity index (χ0v) is 15.3. The normalized spacial score (nSPS) is 14.1. The fourth-order valence-electron chi connectivity index (χ4n) is 2.67. The van der Waals surface area contributed by atoms with Crippen LogP contribution in [-0.2, 0) is 11.3 Å². The molecule has 1 saturated heterocycles. The Bertz CT molecular complexity index is 697. The Hall–Kier alpha value is -1.60. The van der Waals surface area contributed by atoms with Gasteiger partial charge in [0.15, 0.2) is 5.13 Å². The van der Waals surface area contributed by atoms with E-state index in [0.29, 0.717) is 11.7 Å². The van der Waals surface area contributed by atoms with E-state index in [2.05, 4.69) is 54.6 Å². The van der Waals surface area contributed by atoms with E-state index in [1.165, 1.54) is 36.8 Å². The third kappa shape index (κ3) is 4.23. The predicted molar refractivity (Wildman–Crippen MR) is 99.3 cm³/mol. The molecule has 23 heavy (non-hydrogen) atoms. The molecule has 3 rings (SSSR count). The van der Waals surface area contributed by atoms with Gasteiger partial charge in [0.25, 0.3) is 0 Å². The summed E-state index contributed by atoms with van der Waals surface area (Å²) in [5.74, 6) is -0.0952. The van der Waals surface area contributed by atoms with Crippen LogP contribution in [0.1, 0.15) is 25.5 Å². The highest BCUT2D eigenvalue weighted by atomic mass is 79.9. The van der Waals surface area contributed by atoms with E-state index in [0.717, 1.165) is 28.9 Å². The number of hydrogen-bond donors (Lipinski definition) is 2. The van der Waals surface area contributed by atoms with E-state index in [-0.39, 0.29) is 5.91 Å². The molecule has 0 spiro atoms. The minimum atomic E-state index is -0.0952. The van der Waals surface area contributed by atoms with Gasteiger partial charge in [0, 0.05) is 29.9 Å². The third-order valence-electron chi connectivity index (χ3n) is 3.70. The summed E-state index contributed by atoms with van der Waals surface area (Å²) in [5.41, 5.74) is 3.27. The average molecular weight is 395 g/mol. The highest BCUT2D eigenvalue weighted by Gasteiger charge is 2.16. The first-order chi connectivity index (χ1) is 11.1. The first-order valence-electron chi connectivity index (χ1n) is 7.62. The number of nitrogens with zero attached hydrogens (tertiary/aromatic N) is 2. The molecule has 0 radical (unpaired) electrons. The SMILES string of the molecule is CC(=O)Nc1nc(CNc2cc(Br)ccc2N2CCCC2)cs1. The van der Waals surface area contributed by atoms with Gasteiger partial charge in [-0.15, -0.1) is 11.3 Å². The second kappa shape index (κ2) is 7.31. The molecule has 5 nitrogen and oxygen atoms in total. The summed E-state index contributed by atoms with van der Waals surface area (Å²) in [6.07, 6.45) is 2.50. The standard InChI is InChI=1S/C16H19BrN4OS/c1-11(22)19-16-20-13(10-23-16)9-18-14-8-12(17)4-5-15(14)21-6-2-3-7-21/h4-5,8,10,18H,2-3,6-7,9H2,1H3,(H,19,20,22). The monoisotopic (exact) mass is 394 g/mol. The highest BCUT2D eigenvalue weighted by Crippen LogP contribution is 2.32. The lowest BCUT2D eigenvalue weighted by Gasteiger charge is -2.22. The smallest absolute Gasteiger partial charge is 0.223 e. The van der Waals surface area contributed by atoms with Crippen molar-refractivity contribution in [2.75, 3.05) is 28.6 Å². The van der Waals surface area contributed by atoms with Crippen LogP contribution in [0.5, 0.6) is 0 Å². The molecule has 2 N–H and O–H groups in total. The number of benzene rings is 1. The molecule has 0 bridgehead atoms. The summed E-state index contributed by atoms with van der Waals surface area (Å²) in [7, 11) is 0. The van der Waals surface area contributed by atoms with Crippen LogP contribution in [0.3, 0.4) is 0 Å². The number of nitrogens with one attached hydrogen (secondary N) is 2. The van der Waals surface area contributed by atoms with Crippen molar-refractivity contribution in [2.45, 2.75) is 26.3 Å². The lowest BCUT2D eigenvalue weighted by atomic mass is 10.2. The molecule has 0 aliphatic carbocycles. The van der Waals surface area contributed by atoms with Crippen molar-refractivity contribution in [1.82, 2.24) is 4.98 Å². The second-order valence-electron chi connectivity index (χ2n) is 5.53. The molecule has 122 valence electrons. The van der Waals surface area contributed by atoms with Crippen molar-refractivity contribution in [3.05, 3.63) is 33.7 Å². The minimum absolute atomic E-state index is 0.0952. The van der Waals surface area contributed by atoms with Crippen LogP contribution in [-0.4, -0.2) is 24.0 Å². The van der Waals surface area contributed by atoms with Crippen LogP contribution >= 0.6 is 27.3 Å². The average Bonchev–Trinajstić information content (AvgIpc) is 3.16. The molecule has 7 heteroatoms. The topological polar surface area (TPSA) is 57.3 Å². The first-order valence-corrected chi connectivity index (χ1v) is 9.29. The predicted octanol–water partition coefficient (Wildman–Crippen LogP) is 4.08. The maximum absolute atomic E-state index is 11.1. The van der Waals surface area contributed by atoms with Gasteiger partial charge in [-0.1, -0.05) is 15.9 Å². The summed E-state index contributed by atoms with van der Waals surface area (Å²) in [6, 6.07) is 6.34. The summed E-state index contributed by atoms with van der Waals surface area (Å²) in [5, 5.41) is 8.79. The molecule has 0 unspecified atom stereocenters. The summed E-state index contributed by atoms with van der Waals surface area (Å²) in [4.78, 5) is 17.9. The van der Waals surface area contributed by atoms with Crippen LogP contribution in [0, 0.1) is 0 Å². The molecule has 0 saturated carbocycles. The Morgan fingerprint density at radius 3 is 2.91 bits per heavy atom. The van der Waals surface area contributed by atoms with Gasteiger partial charge in [-0.25, -0.2) is 4.98 Å². The van der Waals surface area contributed by atoms with E-state index >= 15 is 0 Å². The second-order valence-corrected chi connectivity index (χ2v) is 7.31. The largest absolute Gasteiger partial charge is 0.378 e. The van der Waals surface area contributed by atoms with Crippen molar-refractivity contribution in [1.29, 1.82) is 0 Å². The van der Waals surface area contributed by atoms with Crippen molar-refractivity contribution < 1.29 is 4.79 Å². The van der Waals surface area contributed by atoms with Crippen molar-refractivity contribution in [3.63, 3.8) is 0 Å². The minimum Gasteiger partial charge on any atom is -0.378 e. The summed E-state index contributed by atoms with van der Waals surface area (Å²) in [6.45, 7) is 4.34. The highest BCUT2D eigenvalue weighted by molar-refractivity contribution is 9.10. The Morgan fingerprint density at radius 1 is 1.39 bits per heavy atom. The van der Waals surface area contributed by atoms with E-state index in [1.54, 1.807) is 0 Å². The number of carbonyl (C=O) groups is 1. The van der Waals surface area contributed by atoms with Crippen molar-refractivity contribution >= 4 is 49.7 Å². The van der Waals surface area contributed by atoms with Gasteiger partial charge in [0.05, 0.1) is 23.6 Å². The lowest BCUT2D eigenvalue weighted by Crippen LogP contribution is -2.19. The first kappa shape index (κ1) is 16.3. The van der Waals surface area contributed by atoms with Crippen LogP contribution < -0.4 is 15.5 Å². The maximum atomic E-state index is 11.1. The lowest BCUT2D eigenvalue weighted by molar-refractivity contribution is -0.114. The molecular formula is C16H19BrN4OS. The Labute approximate surface area is 148 Å². The zero-order valence-electron chi connectivity index (χ0n) is 12.9. The number of halogens is 1. The van der Waals surface area contributed by atoms with Gasteiger partial charge in [-0.2, -0.15) is 0 Å². The fraction of sp³-hybridized carbons (Fsp3) is 0.375. The molecule has 2 aromatic rings. The quantitative estimate of drug-likeness (QED) is 0.801. The number of aromatic nitrogens is 1. The number of hydrogen-bond acceptors (Lipinski definition) is 5. The van der Waals surface area contributed by atoms with Crippen LogP contribution in [0.4, 0.5) is 16.5 Å². The number of anilines is 3. The van der Waals surface area contributed by atoms with E-state index in [4.69, 9.17) is 0 Å². The molecule has 1 fully saturated rings. The Balaban J connectivity index is 1.70. The molecule has 0 atom stereocenters. The molecular weight excluding hydrogens is 376 g/mol. The van der Waals surface area contributed by atoms with Crippen molar-refractivity contribution in [2.24, 2.45) is 0 Å². The van der Waals surface area contributed by atoms with Gasteiger partial charge >= 0.3 is 0 Å². The molecule has 1 aliphatic rings. The number of amides is 1. The van der Waals surface area contributed by atoms with E-state index in [1.807, 2.05) is 5.38 Å². The summed E-state index contributed by atoms with van der Waals surface area (Å²) < 4.78 is 1.06. The number of carbonyl (C=O) groups excluding carboxylic acids is 1. The molecule has 1 aromatic carbocycles. The molecule has 1 aliphatic heterocycles. The molecule has 2 heterocycles. The van der Waals surface area contributed by atoms with Gasteiger partial charge in [-0.05, 0) is 31.0 Å². The van der Waals surface area contributed by atoms with Crippen LogP contribution in [0.2, 0.25) is 0 Å². The Kier molecular flexibility index (Phi) is 5.17. The number of rotatable bonds is 5. The molecule has 1 aromatic heterocycles. The van der Waals surface area contributed by atoms with Gasteiger partial charge in [0.2, 0.25) is 5.91 Å². The molecule has 1 amide bonds. The third-order valence-corrected chi connectivity index (χ3v) is 5.00. The van der Waals surface area contributed by atoms with E-state index in [9.17, 15) is 4.79 Å². The van der Waals surface area contributed by atoms with Gasteiger partial charge in [0.1, 0.15) is 0 Å². The number of thiazole rings is 1. The summed E-state index contributed by atoms with van der Waals surface area (Å²) >= 11 is 4.99. The van der Waals surface area contributed by atoms with Gasteiger partial charge in [-0.3, -0.25) is 4.79 Å². The Morgan fingerprint density at radius 2 is 2.17 bits per heavy atom. The van der Waals surface area contributed by atoms with Gasteiger partial charge < -0.3 is 15.5 Å². The fourth-order valence-corrected chi connectivity index (χ4v) is 3.78. The van der Waals surface area contributed by atoms with Crippen molar-refractivity contribution in [3.8, 4) is 0 Å². The van der Waals surface area contributed by atoms with E-state index < -0.39 is 0 Å².